The molecule has 2 aliphatic rings. The highest BCUT2D eigenvalue weighted by molar-refractivity contribution is 5.93. The highest BCUT2D eigenvalue weighted by Crippen LogP contribution is 2.45. The summed E-state index contributed by atoms with van der Waals surface area (Å²) < 4.78 is 5.20. The van der Waals surface area contributed by atoms with Crippen LogP contribution in [0.1, 0.15) is 37.9 Å². The third-order valence-electron chi connectivity index (χ3n) is 5.09. The van der Waals surface area contributed by atoms with Crippen LogP contribution in [0.5, 0.6) is 5.88 Å². The lowest BCUT2D eigenvalue weighted by atomic mass is 9.85. The number of aromatic nitrogens is 3. The molecule has 1 aliphatic carbocycles. The Balaban J connectivity index is 0.000000221. The molecule has 3 heterocycles. The van der Waals surface area contributed by atoms with Crippen LogP contribution in [0.2, 0.25) is 0 Å². The highest BCUT2D eigenvalue weighted by Gasteiger charge is 2.43. The van der Waals surface area contributed by atoms with Gasteiger partial charge in [-0.2, -0.15) is 0 Å². The van der Waals surface area contributed by atoms with Crippen LogP contribution in [0.4, 0.5) is 11.6 Å². The number of anilines is 2. The second kappa shape index (κ2) is 7.90. The van der Waals surface area contributed by atoms with Crippen molar-refractivity contribution in [1.82, 2.24) is 15.0 Å². The number of ether oxygens (including phenoxy) is 1. The Morgan fingerprint density at radius 2 is 2.07 bits per heavy atom. The molecule has 7 nitrogen and oxygen atoms in total. The van der Waals surface area contributed by atoms with Gasteiger partial charge in [0.25, 0.3) is 0 Å². The van der Waals surface area contributed by atoms with E-state index >= 15 is 0 Å². The van der Waals surface area contributed by atoms with Crippen molar-refractivity contribution in [3.05, 3.63) is 35.8 Å². The fourth-order valence-corrected chi connectivity index (χ4v) is 3.79. The number of nitrogen functional groups attached to an aromatic ring is 1. The van der Waals surface area contributed by atoms with Crippen molar-refractivity contribution in [2.45, 2.75) is 46.1 Å². The number of pyridine rings is 1. The summed E-state index contributed by atoms with van der Waals surface area (Å²) >= 11 is 0. The molecule has 2 aromatic heterocycles. The molecule has 1 aliphatic heterocycles. The fourth-order valence-electron chi connectivity index (χ4n) is 3.79. The summed E-state index contributed by atoms with van der Waals surface area (Å²) in [5.74, 6) is 2.21. The van der Waals surface area contributed by atoms with E-state index in [1.807, 2.05) is 24.1 Å². The first-order valence-electron chi connectivity index (χ1n) is 9.28. The van der Waals surface area contributed by atoms with Crippen molar-refractivity contribution in [1.29, 1.82) is 0 Å². The molecule has 0 spiro atoms. The SMILES string of the molecule is COc1cc2c(cn1)CC(C)[C@H](C1CC1)N2C(C)=O.Cc1ccnc(N)n1. The number of hydrogen-bond donors (Lipinski definition) is 1. The molecule has 0 saturated heterocycles. The van der Waals surface area contributed by atoms with E-state index in [9.17, 15) is 4.79 Å². The van der Waals surface area contributed by atoms with Crippen LogP contribution < -0.4 is 15.4 Å². The number of amides is 1. The smallest absolute Gasteiger partial charge is 0.224 e. The van der Waals surface area contributed by atoms with Crippen molar-refractivity contribution >= 4 is 17.5 Å². The third-order valence-corrected chi connectivity index (χ3v) is 5.09. The van der Waals surface area contributed by atoms with Gasteiger partial charge in [0.05, 0.1) is 12.8 Å². The molecule has 0 aromatic carbocycles. The Bertz CT molecular complexity index is 805. The first-order chi connectivity index (χ1) is 12.9. The van der Waals surface area contributed by atoms with Crippen molar-refractivity contribution in [2.75, 3.05) is 17.7 Å². The molecule has 2 N–H and O–H groups in total. The molecule has 0 bridgehead atoms. The zero-order chi connectivity index (χ0) is 19.6. The number of nitrogens with two attached hydrogens (primary N) is 1. The standard InChI is InChI=1S/C15H20N2O2.C5H7N3/c1-9-6-12-8-16-14(19-3)7-13(12)17(10(2)18)15(9)11-4-5-11;1-4-2-3-7-5(6)8-4/h7-9,11,15H,4-6H2,1-3H3;2-3H,1H3,(H2,6,7,8)/t9?,15-;/m1./s1. The Kier molecular flexibility index (Phi) is 5.58. The number of rotatable bonds is 2. The number of carbonyl (C=O) groups is 1. The Hall–Kier alpha value is -2.70. The summed E-state index contributed by atoms with van der Waals surface area (Å²) in [6, 6.07) is 4.05. The van der Waals surface area contributed by atoms with Gasteiger partial charge >= 0.3 is 0 Å². The zero-order valence-corrected chi connectivity index (χ0v) is 16.3. The molecule has 1 saturated carbocycles. The Morgan fingerprint density at radius 3 is 2.59 bits per heavy atom. The Morgan fingerprint density at radius 1 is 1.33 bits per heavy atom. The summed E-state index contributed by atoms with van der Waals surface area (Å²) in [4.78, 5) is 25.9. The monoisotopic (exact) mass is 369 g/mol. The number of aryl methyl sites for hydroxylation is 1. The first-order valence-corrected chi connectivity index (χ1v) is 9.28. The van der Waals surface area contributed by atoms with Crippen molar-refractivity contribution in [3.63, 3.8) is 0 Å². The predicted molar refractivity (Wildman–Crippen MR) is 105 cm³/mol. The van der Waals surface area contributed by atoms with Gasteiger partial charge in [-0.1, -0.05) is 6.92 Å². The summed E-state index contributed by atoms with van der Waals surface area (Å²) in [7, 11) is 1.61. The van der Waals surface area contributed by atoms with Crippen LogP contribution in [-0.2, 0) is 11.2 Å². The van der Waals surface area contributed by atoms with Crippen LogP contribution in [0.3, 0.4) is 0 Å². The number of fused-ring (bicyclic) bond motifs is 1. The van der Waals surface area contributed by atoms with Gasteiger partial charge in [-0.3, -0.25) is 4.79 Å². The quantitative estimate of drug-likeness (QED) is 0.875. The van der Waals surface area contributed by atoms with E-state index < -0.39 is 0 Å². The van der Waals surface area contributed by atoms with Crippen molar-refractivity contribution in [3.8, 4) is 5.88 Å². The minimum Gasteiger partial charge on any atom is -0.481 e. The second-order valence-electron chi connectivity index (χ2n) is 7.31. The van der Waals surface area contributed by atoms with Crippen LogP contribution in [0.25, 0.3) is 0 Å². The van der Waals surface area contributed by atoms with Gasteiger partial charge in [0.15, 0.2) is 0 Å². The summed E-state index contributed by atoms with van der Waals surface area (Å²) in [5.41, 5.74) is 8.28. The van der Waals surface area contributed by atoms with Crippen LogP contribution in [0, 0.1) is 18.8 Å². The van der Waals surface area contributed by atoms with Crippen LogP contribution in [0.15, 0.2) is 24.5 Å². The van der Waals surface area contributed by atoms with Gasteiger partial charge in [0.1, 0.15) is 0 Å². The van der Waals surface area contributed by atoms with Gasteiger partial charge in [0, 0.05) is 37.1 Å². The lowest BCUT2D eigenvalue weighted by Gasteiger charge is -2.41. The van der Waals surface area contributed by atoms with E-state index in [0.29, 0.717) is 29.7 Å². The molecule has 27 heavy (non-hydrogen) atoms. The van der Waals surface area contributed by atoms with Crippen LogP contribution >= 0.6 is 0 Å². The number of methoxy groups -OCH3 is 1. The summed E-state index contributed by atoms with van der Waals surface area (Å²) in [6.07, 6.45) is 6.98. The van der Waals surface area contributed by atoms with E-state index in [2.05, 4.69) is 21.9 Å². The van der Waals surface area contributed by atoms with E-state index in [4.69, 9.17) is 10.5 Å². The van der Waals surface area contributed by atoms with Gasteiger partial charge in [-0.05, 0) is 49.7 Å². The minimum atomic E-state index is 0.123. The normalized spacial score (nSPS) is 21.0. The molecule has 1 fully saturated rings. The van der Waals surface area contributed by atoms with Crippen LogP contribution in [-0.4, -0.2) is 34.0 Å². The molecule has 1 amide bonds. The predicted octanol–water partition coefficient (Wildman–Crippen LogP) is 2.78. The summed E-state index contributed by atoms with van der Waals surface area (Å²) in [5, 5.41) is 0. The van der Waals surface area contributed by atoms with Crippen molar-refractivity contribution < 1.29 is 9.53 Å². The molecule has 4 rings (SSSR count). The number of carbonyl (C=O) groups excluding carboxylic acids is 1. The highest BCUT2D eigenvalue weighted by atomic mass is 16.5. The molecule has 0 radical (unpaired) electrons. The van der Waals surface area contributed by atoms with Gasteiger partial charge in [0.2, 0.25) is 17.7 Å². The topological polar surface area (TPSA) is 94.2 Å². The molecule has 1 unspecified atom stereocenters. The van der Waals surface area contributed by atoms with E-state index in [1.54, 1.807) is 26.3 Å². The van der Waals surface area contributed by atoms with E-state index in [0.717, 1.165) is 23.4 Å². The molecule has 7 heteroatoms. The lowest BCUT2D eigenvalue weighted by molar-refractivity contribution is -0.117. The average molecular weight is 369 g/mol. The molecule has 2 atom stereocenters. The zero-order valence-electron chi connectivity index (χ0n) is 16.3. The number of nitrogens with zero attached hydrogens (tertiary/aromatic N) is 4. The maximum Gasteiger partial charge on any atom is 0.224 e. The van der Waals surface area contributed by atoms with Gasteiger partial charge in [-0.25, -0.2) is 15.0 Å². The molecular formula is C20H27N5O2. The van der Waals surface area contributed by atoms with Crippen molar-refractivity contribution in [2.24, 2.45) is 11.8 Å². The minimum absolute atomic E-state index is 0.123. The largest absolute Gasteiger partial charge is 0.481 e. The summed E-state index contributed by atoms with van der Waals surface area (Å²) in [6.45, 7) is 5.77. The Labute approximate surface area is 160 Å². The first kappa shape index (κ1) is 19.1. The number of hydrogen-bond acceptors (Lipinski definition) is 6. The van der Waals surface area contributed by atoms with Gasteiger partial charge in [-0.15, -0.1) is 0 Å². The molecule has 144 valence electrons. The lowest BCUT2D eigenvalue weighted by Crippen LogP contribution is -2.48. The molecular weight excluding hydrogens is 342 g/mol. The van der Waals surface area contributed by atoms with E-state index in [1.165, 1.54) is 12.8 Å². The average Bonchev–Trinajstić information content (AvgIpc) is 3.45. The maximum absolute atomic E-state index is 12.1. The fraction of sp³-hybridized carbons (Fsp3) is 0.500. The van der Waals surface area contributed by atoms with E-state index in [-0.39, 0.29) is 5.91 Å². The second-order valence-corrected chi connectivity index (χ2v) is 7.31. The third kappa shape index (κ3) is 4.35. The molecule has 2 aromatic rings. The van der Waals surface area contributed by atoms with Gasteiger partial charge < -0.3 is 15.4 Å². The maximum atomic E-state index is 12.1.